The molecule has 4 N–H and O–H groups in total. The molecule has 0 spiro atoms. The number of carbonyl (C=O) groups is 1. The Morgan fingerprint density at radius 3 is 2.67 bits per heavy atom. The topological polar surface area (TPSA) is 152 Å². The molecule has 1 amide bonds. The van der Waals surface area contributed by atoms with Crippen molar-refractivity contribution in [3.63, 3.8) is 0 Å². The quantitative estimate of drug-likeness (QED) is 0.536. The summed E-state index contributed by atoms with van der Waals surface area (Å²) in [5.41, 5.74) is -0.365. The summed E-state index contributed by atoms with van der Waals surface area (Å²) >= 11 is 5.95. The Morgan fingerprint density at radius 1 is 1.37 bits per heavy atom. The second-order valence-electron chi connectivity index (χ2n) is 7.02. The summed E-state index contributed by atoms with van der Waals surface area (Å²) in [5, 5.41) is 31.7. The molecule has 11 nitrogen and oxygen atoms in total. The molecule has 3 rings (SSSR count). The molecule has 2 aromatic rings. The van der Waals surface area contributed by atoms with Crippen LogP contribution in [-0.2, 0) is 9.47 Å². The second kappa shape index (κ2) is 7.17. The lowest BCUT2D eigenvalue weighted by molar-refractivity contribution is -0.0511. The Hall–Kier alpha value is -2.05. The number of amides is 1. The highest BCUT2D eigenvalue weighted by Crippen LogP contribution is 2.32. The summed E-state index contributed by atoms with van der Waals surface area (Å²) in [7, 11) is 0. The van der Waals surface area contributed by atoms with Gasteiger partial charge in [0.2, 0.25) is 5.28 Å². The van der Waals surface area contributed by atoms with Crippen molar-refractivity contribution in [2.45, 2.75) is 50.9 Å². The molecule has 0 bridgehead atoms. The average molecular weight is 402 g/mol. The van der Waals surface area contributed by atoms with Gasteiger partial charge in [-0.25, -0.2) is 9.78 Å². The van der Waals surface area contributed by atoms with E-state index in [1.165, 1.54) is 10.9 Å². The van der Waals surface area contributed by atoms with Crippen LogP contribution in [0.25, 0.3) is 11.2 Å². The first-order valence-corrected chi connectivity index (χ1v) is 8.51. The molecule has 1 aliphatic rings. The van der Waals surface area contributed by atoms with Crippen LogP contribution < -0.4 is 5.32 Å². The first kappa shape index (κ1) is 19.7. The van der Waals surface area contributed by atoms with Crippen molar-refractivity contribution in [3.05, 3.63) is 11.6 Å². The van der Waals surface area contributed by atoms with E-state index in [1.807, 2.05) is 0 Å². The Kier molecular flexibility index (Phi) is 5.23. The molecule has 1 saturated heterocycles. The molecule has 2 aromatic heterocycles. The summed E-state index contributed by atoms with van der Waals surface area (Å²) in [6.07, 6.45) is -4.07. The summed E-state index contributed by atoms with van der Waals surface area (Å²) in [4.78, 5) is 24.2. The van der Waals surface area contributed by atoms with Gasteiger partial charge in [0, 0.05) is 0 Å². The van der Waals surface area contributed by atoms with E-state index >= 15 is 0 Å². The van der Waals surface area contributed by atoms with Gasteiger partial charge in [0.15, 0.2) is 23.2 Å². The number of aliphatic hydroxyl groups is 3. The third-order valence-electron chi connectivity index (χ3n) is 3.80. The van der Waals surface area contributed by atoms with Crippen LogP contribution in [0.4, 0.5) is 10.6 Å². The van der Waals surface area contributed by atoms with Crippen molar-refractivity contribution in [3.8, 4) is 0 Å². The molecule has 1 aliphatic heterocycles. The highest BCUT2D eigenvalue weighted by molar-refractivity contribution is 6.28. The fourth-order valence-corrected chi connectivity index (χ4v) is 2.84. The first-order valence-electron chi connectivity index (χ1n) is 8.13. The van der Waals surface area contributed by atoms with Gasteiger partial charge in [-0.3, -0.25) is 9.88 Å². The van der Waals surface area contributed by atoms with Crippen LogP contribution in [0.2, 0.25) is 5.28 Å². The van der Waals surface area contributed by atoms with Crippen LogP contribution in [0.1, 0.15) is 27.0 Å². The van der Waals surface area contributed by atoms with Crippen LogP contribution in [0, 0.1) is 0 Å². The van der Waals surface area contributed by atoms with Crippen LogP contribution in [0.5, 0.6) is 0 Å². The molecule has 0 aromatic carbocycles. The molecular formula is C15H20ClN5O6. The zero-order chi connectivity index (χ0) is 19.9. The van der Waals surface area contributed by atoms with E-state index in [4.69, 9.17) is 21.1 Å². The number of halogens is 1. The molecule has 12 heteroatoms. The molecule has 0 radical (unpaired) electrons. The fraction of sp³-hybridized carbons (Fsp3) is 0.600. The number of aliphatic hydroxyl groups excluding tert-OH is 3. The number of anilines is 1. The van der Waals surface area contributed by atoms with Gasteiger partial charge in [0.05, 0.1) is 12.9 Å². The molecular weight excluding hydrogens is 382 g/mol. The number of ether oxygens (including phenoxy) is 2. The molecule has 3 heterocycles. The van der Waals surface area contributed by atoms with Crippen molar-refractivity contribution in [1.29, 1.82) is 0 Å². The highest BCUT2D eigenvalue weighted by atomic mass is 35.5. The number of aromatic nitrogens is 4. The largest absolute Gasteiger partial charge is 0.444 e. The minimum Gasteiger partial charge on any atom is -0.444 e. The van der Waals surface area contributed by atoms with Gasteiger partial charge in [0.25, 0.3) is 0 Å². The van der Waals surface area contributed by atoms with Crippen molar-refractivity contribution < 1.29 is 29.6 Å². The summed E-state index contributed by atoms with van der Waals surface area (Å²) in [6.45, 7) is 4.67. The predicted octanol–water partition coefficient (Wildman–Crippen LogP) is 0.438. The normalized spacial score (nSPS) is 25.7. The highest BCUT2D eigenvalue weighted by Gasteiger charge is 2.44. The summed E-state index contributed by atoms with van der Waals surface area (Å²) in [5.74, 6) is 0.0183. The maximum absolute atomic E-state index is 12.0. The maximum Gasteiger partial charge on any atom is 0.413 e. The minimum atomic E-state index is -1.32. The monoisotopic (exact) mass is 401 g/mol. The van der Waals surface area contributed by atoms with Gasteiger partial charge in [-0.05, 0) is 32.4 Å². The number of carbonyl (C=O) groups excluding carboxylic acids is 1. The van der Waals surface area contributed by atoms with E-state index in [1.54, 1.807) is 20.8 Å². The van der Waals surface area contributed by atoms with Gasteiger partial charge >= 0.3 is 6.09 Å². The molecule has 0 saturated carbocycles. The Labute approximate surface area is 158 Å². The van der Waals surface area contributed by atoms with Crippen molar-refractivity contribution >= 4 is 34.7 Å². The number of fused-ring (bicyclic) bond motifs is 1. The Bertz CT molecular complexity index is 853. The van der Waals surface area contributed by atoms with Crippen molar-refractivity contribution in [1.82, 2.24) is 19.5 Å². The second-order valence-corrected chi connectivity index (χ2v) is 7.36. The van der Waals surface area contributed by atoms with E-state index < -0.39 is 42.8 Å². The Morgan fingerprint density at radius 2 is 2.07 bits per heavy atom. The number of nitrogens with zero attached hydrogens (tertiary/aromatic N) is 4. The molecule has 4 atom stereocenters. The number of hydrogen-bond donors (Lipinski definition) is 4. The molecule has 27 heavy (non-hydrogen) atoms. The van der Waals surface area contributed by atoms with Gasteiger partial charge in [0.1, 0.15) is 23.9 Å². The zero-order valence-corrected chi connectivity index (χ0v) is 15.6. The number of nitrogens with one attached hydrogen (secondary N) is 1. The zero-order valence-electron chi connectivity index (χ0n) is 14.8. The molecule has 0 aliphatic carbocycles. The van der Waals surface area contributed by atoms with Crippen LogP contribution >= 0.6 is 11.6 Å². The van der Waals surface area contributed by atoms with E-state index in [0.717, 1.165) is 0 Å². The predicted molar refractivity (Wildman–Crippen MR) is 93.2 cm³/mol. The summed E-state index contributed by atoms with van der Waals surface area (Å²) in [6, 6.07) is 0. The smallest absolute Gasteiger partial charge is 0.413 e. The van der Waals surface area contributed by atoms with Crippen molar-refractivity contribution in [2.75, 3.05) is 11.9 Å². The lowest BCUT2D eigenvalue weighted by Crippen LogP contribution is -2.33. The number of hydrogen-bond acceptors (Lipinski definition) is 9. The molecule has 1 fully saturated rings. The van der Waals surface area contributed by atoms with Crippen molar-refractivity contribution in [2.24, 2.45) is 0 Å². The number of imidazole rings is 1. The van der Waals surface area contributed by atoms with Crippen LogP contribution in [0.3, 0.4) is 0 Å². The van der Waals surface area contributed by atoms with Gasteiger partial charge in [-0.2, -0.15) is 9.97 Å². The van der Waals surface area contributed by atoms with Crippen LogP contribution in [-0.4, -0.2) is 71.5 Å². The third kappa shape index (κ3) is 3.96. The van der Waals surface area contributed by atoms with E-state index in [9.17, 15) is 20.1 Å². The molecule has 1 unspecified atom stereocenters. The summed E-state index contributed by atoms with van der Waals surface area (Å²) < 4.78 is 12.0. The van der Waals surface area contributed by atoms with Gasteiger partial charge < -0.3 is 24.8 Å². The maximum atomic E-state index is 12.0. The van der Waals surface area contributed by atoms with Gasteiger partial charge in [-0.15, -0.1) is 0 Å². The third-order valence-corrected chi connectivity index (χ3v) is 3.97. The fourth-order valence-electron chi connectivity index (χ4n) is 2.67. The minimum absolute atomic E-state index is 0.0183. The van der Waals surface area contributed by atoms with E-state index in [-0.39, 0.29) is 22.3 Å². The lowest BCUT2D eigenvalue weighted by atomic mass is 10.1. The number of rotatable bonds is 3. The molecule has 148 valence electrons. The first-order chi connectivity index (χ1) is 12.6. The van der Waals surface area contributed by atoms with E-state index in [0.29, 0.717) is 0 Å². The lowest BCUT2D eigenvalue weighted by Gasteiger charge is -2.19. The van der Waals surface area contributed by atoms with Gasteiger partial charge in [-0.1, -0.05) is 0 Å². The SMILES string of the molecule is CC(C)(C)OC(=O)Nc1nc(Cl)nc2c1ncn2[C@@H]1O[C@H](CO)C(O)[C@H]1O. The standard InChI is InChI=1S/C15H20ClN5O6/c1-15(2,3)27-14(25)19-10-7-11(20-13(16)18-10)21(5-17-7)12-9(24)8(23)6(4-22)26-12/h5-6,8-9,12,22-24H,4H2,1-3H3,(H,18,19,20,25)/t6-,8?,9-,12-/m1/s1. The Balaban J connectivity index is 1.95. The average Bonchev–Trinajstić information content (AvgIpc) is 3.08. The van der Waals surface area contributed by atoms with E-state index in [2.05, 4.69) is 20.3 Å². The van der Waals surface area contributed by atoms with Crippen LogP contribution in [0.15, 0.2) is 6.33 Å².